The number of carbonyl (C=O) groups excluding carboxylic acids is 1. The third kappa shape index (κ3) is 3.47. The molecule has 2 aromatic carbocycles. The average molecular weight is 429 g/mol. The van der Waals surface area contributed by atoms with Crippen LogP contribution in [-0.2, 0) is 11.2 Å². The summed E-state index contributed by atoms with van der Waals surface area (Å²) in [7, 11) is 0. The van der Waals surface area contributed by atoms with E-state index < -0.39 is 0 Å². The Morgan fingerprint density at radius 2 is 1.97 bits per heavy atom. The standard InChI is InChI=1S/C26H23NO5/c1-16-13-17(2)24-19(14-16)23(29)26(25(32-24)21-10-6-12-30-21)31-15-22(28)27-11-5-8-18-7-3-4-9-20(18)27/h3-4,6-7,9-10,12-14H,5,8,11,15H2,1-2H3. The van der Waals surface area contributed by atoms with Crippen LogP contribution in [0.1, 0.15) is 23.1 Å². The molecule has 32 heavy (non-hydrogen) atoms. The summed E-state index contributed by atoms with van der Waals surface area (Å²) < 4.78 is 17.4. The van der Waals surface area contributed by atoms with Gasteiger partial charge in [-0.2, -0.15) is 0 Å². The molecule has 3 heterocycles. The number of hydrogen-bond acceptors (Lipinski definition) is 5. The molecule has 2 aromatic heterocycles. The van der Waals surface area contributed by atoms with Gasteiger partial charge in [-0.05, 0) is 67.6 Å². The number of benzene rings is 2. The van der Waals surface area contributed by atoms with E-state index >= 15 is 0 Å². The van der Waals surface area contributed by atoms with Gasteiger partial charge in [0.25, 0.3) is 5.91 Å². The predicted molar refractivity (Wildman–Crippen MR) is 122 cm³/mol. The SMILES string of the molecule is Cc1cc(C)c2oc(-c3ccco3)c(OCC(=O)N3CCCc4ccccc43)c(=O)c2c1. The number of ether oxygens (including phenoxy) is 1. The normalized spacial score (nSPS) is 13.2. The molecule has 0 unspecified atom stereocenters. The zero-order valence-corrected chi connectivity index (χ0v) is 18.0. The van der Waals surface area contributed by atoms with Gasteiger partial charge in [0, 0.05) is 12.2 Å². The first kappa shape index (κ1) is 20.1. The van der Waals surface area contributed by atoms with Gasteiger partial charge in [-0.25, -0.2) is 0 Å². The molecule has 1 aliphatic heterocycles. The Balaban J connectivity index is 1.53. The molecule has 0 fully saturated rings. The van der Waals surface area contributed by atoms with E-state index in [4.69, 9.17) is 13.6 Å². The van der Waals surface area contributed by atoms with Gasteiger partial charge in [0.1, 0.15) is 5.58 Å². The molecule has 0 radical (unpaired) electrons. The number of furan rings is 1. The molecular weight excluding hydrogens is 406 g/mol. The van der Waals surface area contributed by atoms with E-state index in [0.29, 0.717) is 23.3 Å². The highest BCUT2D eigenvalue weighted by Gasteiger charge is 2.25. The molecular formula is C26H23NO5. The molecule has 0 spiro atoms. The average Bonchev–Trinajstić information content (AvgIpc) is 3.33. The first-order valence-corrected chi connectivity index (χ1v) is 10.7. The molecule has 0 atom stereocenters. The molecule has 0 aliphatic carbocycles. The monoisotopic (exact) mass is 429 g/mol. The zero-order valence-electron chi connectivity index (χ0n) is 18.0. The number of para-hydroxylation sites is 1. The molecule has 1 aliphatic rings. The zero-order chi connectivity index (χ0) is 22.2. The van der Waals surface area contributed by atoms with Gasteiger partial charge in [0.2, 0.25) is 16.9 Å². The maximum atomic E-state index is 13.4. The second kappa shape index (κ2) is 8.04. The van der Waals surface area contributed by atoms with Crippen LogP contribution in [0.3, 0.4) is 0 Å². The first-order chi connectivity index (χ1) is 15.5. The van der Waals surface area contributed by atoms with E-state index in [9.17, 15) is 9.59 Å². The molecule has 6 nitrogen and oxygen atoms in total. The number of fused-ring (bicyclic) bond motifs is 2. The minimum absolute atomic E-state index is 0.0175. The fourth-order valence-electron chi connectivity index (χ4n) is 4.34. The summed E-state index contributed by atoms with van der Waals surface area (Å²) in [6.07, 6.45) is 3.33. The van der Waals surface area contributed by atoms with Gasteiger partial charge in [-0.3, -0.25) is 9.59 Å². The second-order valence-electron chi connectivity index (χ2n) is 8.09. The van der Waals surface area contributed by atoms with Crippen molar-refractivity contribution in [1.29, 1.82) is 0 Å². The van der Waals surface area contributed by atoms with E-state index in [0.717, 1.165) is 35.2 Å². The lowest BCUT2D eigenvalue weighted by atomic mass is 10.0. The van der Waals surface area contributed by atoms with E-state index in [1.165, 1.54) is 6.26 Å². The van der Waals surface area contributed by atoms with E-state index in [2.05, 4.69) is 0 Å². The molecule has 0 saturated heterocycles. The Morgan fingerprint density at radius 1 is 1.12 bits per heavy atom. The second-order valence-corrected chi connectivity index (χ2v) is 8.09. The van der Waals surface area contributed by atoms with Crippen LogP contribution in [0, 0.1) is 13.8 Å². The largest absolute Gasteiger partial charge is 0.476 e. The highest BCUT2D eigenvalue weighted by molar-refractivity contribution is 5.95. The van der Waals surface area contributed by atoms with Gasteiger partial charge < -0.3 is 18.5 Å². The summed E-state index contributed by atoms with van der Waals surface area (Å²) in [5, 5.41) is 0.420. The van der Waals surface area contributed by atoms with Crippen molar-refractivity contribution in [3.63, 3.8) is 0 Å². The van der Waals surface area contributed by atoms with E-state index in [1.54, 1.807) is 23.1 Å². The number of amides is 1. The number of anilines is 1. The molecule has 0 saturated carbocycles. The molecule has 6 heteroatoms. The van der Waals surface area contributed by atoms with E-state index in [1.807, 2.05) is 44.2 Å². The van der Waals surface area contributed by atoms with Gasteiger partial charge in [-0.15, -0.1) is 0 Å². The third-order valence-electron chi connectivity index (χ3n) is 5.78. The highest BCUT2D eigenvalue weighted by Crippen LogP contribution is 2.33. The number of aryl methyl sites for hydroxylation is 3. The van der Waals surface area contributed by atoms with Crippen LogP contribution in [0.25, 0.3) is 22.5 Å². The van der Waals surface area contributed by atoms with Gasteiger partial charge >= 0.3 is 0 Å². The van der Waals surface area contributed by atoms with Crippen LogP contribution in [0.4, 0.5) is 5.69 Å². The molecule has 0 N–H and O–H groups in total. The first-order valence-electron chi connectivity index (χ1n) is 10.7. The Bertz CT molecular complexity index is 1370. The van der Waals surface area contributed by atoms with Crippen molar-refractivity contribution in [2.45, 2.75) is 26.7 Å². The minimum Gasteiger partial charge on any atom is -0.476 e. The fraction of sp³-hybridized carbons (Fsp3) is 0.231. The van der Waals surface area contributed by atoms with Crippen LogP contribution in [0.15, 0.2) is 68.4 Å². The maximum Gasteiger partial charge on any atom is 0.264 e. The lowest BCUT2D eigenvalue weighted by molar-refractivity contribution is -0.120. The van der Waals surface area contributed by atoms with Crippen molar-refractivity contribution in [3.05, 3.63) is 81.7 Å². The maximum absolute atomic E-state index is 13.4. The summed E-state index contributed by atoms with van der Waals surface area (Å²) in [6, 6.07) is 15.0. The Labute approximate surface area is 185 Å². The van der Waals surface area contributed by atoms with Crippen molar-refractivity contribution >= 4 is 22.6 Å². The third-order valence-corrected chi connectivity index (χ3v) is 5.78. The quantitative estimate of drug-likeness (QED) is 0.455. The molecule has 4 aromatic rings. The Hall–Kier alpha value is -3.80. The van der Waals surface area contributed by atoms with Gasteiger partial charge in [0.05, 0.1) is 11.6 Å². The summed E-state index contributed by atoms with van der Waals surface area (Å²) >= 11 is 0. The number of rotatable bonds is 4. The van der Waals surface area contributed by atoms with Crippen LogP contribution < -0.4 is 15.1 Å². The van der Waals surface area contributed by atoms with Crippen LogP contribution in [0.5, 0.6) is 5.75 Å². The van der Waals surface area contributed by atoms with Gasteiger partial charge in [0.15, 0.2) is 12.4 Å². The molecule has 0 bridgehead atoms. The molecule has 1 amide bonds. The predicted octanol–water partition coefficient (Wildman–Crippen LogP) is 5.03. The fourth-order valence-corrected chi connectivity index (χ4v) is 4.34. The van der Waals surface area contributed by atoms with Crippen LogP contribution in [0.2, 0.25) is 0 Å². The summed E-state index contributed by atoms with van der Waals surface area (Å²) in [6.45, 7) is 4.16. The lowest BCUT2D eigenvalue weighted by Crippen LogP contribution is -2.39. The van der Waals surface area contributed by atoms with Crippen LogP contribution in [-0.4, -0.2) is 19.1 Å². The Kier molecular flexibility index (Phi) is 5.05. The van der Waals surface area contributed by atoms with E-state index in [-0.39, 0.29) is 29.5 Å². The number of carbonyl (C=O) groups is 1. The highest BCUT2D eigenvalue weighted by atomic mass is 16.5. The topological polar surface area (TPSA) is 72.9 Å². The summed E-state index contributed by atoms with van der Waals surface area (Å²) in [4.78, 5) is 28.2. The molecule has 162 valence electrons. The smallest absolute Gasteiger partial charge is 0.264 e. The lowest BCUT2D eigenvalue weighted by Gasteiger charge is -2.29. The van der Waals surface area contributed by atoms with Crippen molar-refractivity contribution in [2.24, 2.45) is 0 Å². The van der Waals surface area contributed by atoms with Crippen LogP contribution >= 0.6 is 0 Å². The van der Waals surface area contributed by atoms with Crippen molar-refractivity contribution in [2.75, 3.05) is 18.1 Å². The Morgan fingerprint density at radius 3 is 2.78 bits per heavy atom. The van der Waals surface area contributed by atoms with Crippen molar-refractivity contribution in [3.8, 4) is 17.3 Å². The number of hydrogen-bond donors (Lipinski definition) is 0. The van der Waals surface area contributed by atoms with Crippen molar-refractivity contribution in [1.82, 2.24) is 0 Å². The minimum atomic E-state index is -0.323. The summed E-state index contributed by atoms with van der Waals surface area (Å²) in [5.74, 6) is 0.333. The number of nitrogens with zero attached hydrogens (tertiary/aromatic N) is 1. The van der Waals surface area contributed by atoms with Gasteiger partial charge in [-0.1, -0.05) is 24.3 Å². The molecule has 5 rings (SSSR count). The van der Waals surface area contributed by atoms with Crippen molar-refractivity contribution < 1.29 is 18.4 Å². The summed E-state index contributed by atoms with van der Waals surface area (Å²) in [5.41, 5.74) is 3.99.